The van der Waals surface area contributed by atoms with Crippen LogP contribution in [-0.2, 0) is 4.74 Å². The monoisotopic (exact) mass is 246 g/mol. The molecule has 0 aliphatic rings. The molecule has 0 fully saturated rings. The molecule has 1 aromatic carbocycles. The first kappa shape index (κ1) is 12.3. The summed E-state index contributed by atoms with van der Waals surface area (Å²) in [7, 11) is 1.62. The summed E-state index contributed by atoms with van der Waals surface area (Å²) < 4.78 is 10.5. The molecule has 0 saturated heterocycles. The molecule has 5 heteroatoms. The van der Waals surface area contributed by atoms with Gasteiger partial charge in [0.05, 0.1) is 12.3 Å². The quantitative estimate of drug-likeness (QED) is 0.811. The maximum Gasteiger partial charge on any atom is 0.345 e. The van der Waals surface area contributed by atoms with Crippen LogP contribution < -0.4 is 10.4 Å². The molecular weight excluding hydrogens is 232 g/mol. The number of rotatable bonds is 5. The Labute approximate surface area is 104 Å². The first-order valence-electron chi connectivity index (χ1n) is 5.58. The highest BCUT2D eigenvalue weighted by molar-refractivity contribution is 5.66. The number of para-hydroxylation sites is 1. The summed E-state index contributed by atoms with van der Waals surface area (Å²) in [5.41, 5.74) is 1.13. The number of nitrogens with zero attached hydrogens (tertiary/aromatic N) is 1. The van der Waals surface area contributed by atoms with Gasteiger partial charge in [0.25, 0.3) is 0 Å². The Balaban J connectivity index is 2.29. The Morgan fingerprint density at radius 1 is 1.22 bits per heavy atom. The van der Waals surface area contributed by atoms with E-state index >= 15 is 0 Å². The number of nitrogens with one attached hydrogen (secondary N) is 1. The van der Waals surface area contributed by atoms with Gasteiger partial charge in [-0.05, 0) is 18.2 Å². The van der Waals surface area contributed by atoms with Crippen LogP contribution in [-0.4, -0.2) is 30.3 Å². The lowest BCUT2D eigenvalue weighted by molar-refractivity contribution is 0.146. The summed E-state index contributed by atoms with van der Waals surface area (Å²) in [6.45, 7) is 0.976. The van der Waals surface area contributed by atoms with Gasteiger partial charge in [0.15, 0.2) is 0 Å². The molecule has 18 heavy (non-hydrogen) atoms. The van der Waals surface area contributed by atoms with Crippen molar-refractivity contribution in [1.82, 2.24) is 9.97 Å². The molecule has 0 bridgehead atoms. The lowest BCUT2D eigenvalue weighted by Gasteiger charge is -2.10. The predicted octanol–water partition coefficient (Wildman–Crippen LogP) is 1.46. The summed E-state index contributed by atoms with van der Waals surface area (Å²) in [6.07, 6.45) is 1.47. The number of H-pyrrole nitrogens is 1. The first-order chi connectivity index (χ1) is 8.81. The summed E-state index contributed by atoms with van der Waals surface area (Å²) in [5.74, 6) is 0.705. The Bertz CT molecular complexity index is 566. The minimum Gasteiger partial charge on any atom is -0.490 e. The fourth-order valence-corrected chi connectivity index (χ4v) is 1.58. The van der Waals surface area contributed by atoms with Gasteiger partial charge in [0, 0.05) is 18.9 Å². The SMILES string of the molecule is COCCOc1ccccc1-c1ccnc(=O)[nH]1. The molecule has 1 aromatic heterocycles. The van der Waals surface area contributed by atoms with Gasteiger partial charge in [-0.15, -0.1) is 0 Å². The van der Waals surface area contributed by atoms with Crippen molar-refractivity contribution < 1.29 is 9.47 Å². The van der Waals surface area contributed by atoms with Gasteiger partial charge in [-0.3, -0.25) is 0 Å². The molecule has 0 unspecified atom stereocenters. The Kier molecular flexibility index (Phi) is 4.09. The van der Waals surface area contributed by atoms with Gasteiger partial charge in [-0.1, -0.05) is 12.1 Å². The zero-order valence-electron chi connectivity index (χ0n) is 10.1. The minimum absolute atomic E-state index is 0.376. The topological polar surface area (TPSA) is 64.2 Å². The second-order valence-corrected chi connectivity index (χ2v) is 3.63. The highest BCUT2D eigenvalue weighted by Gasteiger charge is 2.06. The fourth-order valence-electron chi connectivity index (χ4n) is 1.58. The molecule has 0 radical (unpaired) electrons. The molecule has 0 amide bonds. The molecule has 2 rings (SSSR count). The number of aromatic amines is 1. The van der Waals surface area contributed by atoms with Gasteiger partial charge in [-0.2, -0.15) is 0 Å². The van der Waals surface area contributed by atoms with Crippen molar-refractivity contribution in [1.29, 1.82) is 0 Å². The van der Waals surface area contributed by atoms with Crippen LogP contribution in [0.2, 0.25) is 0 Å². The van der Waals surface area contributed by atoms with Crippen LogP contribution in [0.25, 0.3) is 11.3 Å². The van der Waals surface area contributed by atoms with Crippen molar-refractivity contribution >= 4 is 0 Å². The molecule has 1 heterocycles. The largest absolute Gasteiger partial charge is 0.490 e. The number of ether oxygens (including phenoxy) is 2. The van der Waals surface area contributed by atoms with Crippen molar-refractivity contribution in [2.45, 2.75) is 0 Å². The van der Waals surface area contributed by atoms with Crippen molar-refractivity contribution in [2.24, 2.45) is 0 Å². The predicted molar refractivity (Wildman–Crippen MR) is 67.7 cm³/mol. The summed E-state index contributed by atoms with van der Waals surface area (Å²) >= 11 is 0. The van der Waals surface area contributed by atoms with E-state index in [9.17, 15) is 4.79 Å². The molecule has 5 nitrogen and oxygen atoms in total. The van der Waals surface area contributed by atoms with E-state index in [1.807, 2.05) is 24.3 Å². The second-order valence-electron chi connectivity index (χ2n) is 3.63. The van der Waals surface area contributed by atoms with Crippen LogP contribution in [0.3, 0.4) is 0 Å². The third-order valence-corrected chi connectivity index (χ3v) is 2.40. The third-order valence-electron chi connectivity index (χ3n) is 2.40. The summed E-state index contributed by atoms with van der Waals surface area (Å²) in [5, 5.41) is 0. The zero-order valence-corrected chi connectivity index (χ0v) is 10.1. The van der Waals surface area contributed by atoms with Gasteiger partial charge in [0.1, 0.15) is 12.4 Å². The zero-order chi connectivity index (χ0) is 12.8. The fraction of sp³-hybridized carbons (Fsp3) is 0.231. The van der Waals surface area contributed by atoms with E-state index in [1.165, 1.54) is 6.20 Å². The van der Waals surface area contributed by atoms with Crippen molar-refractivity contribution in [3.8, 4) is 17.0 Å². The average molecular weight is 246 g/mol. The first-order valence-corrected chi connectivity index (χ1v) is 5.58. The van der Waals surface area contributed by atoms with Gasteiger partial charge >= 0.3 is 5.69 Å². The van der Waals surface area contributed by atoms with E-state index in [2.05, 4.69) is 9.97 Å². The maximum absolute atomic E-state index is 11.2. The van der Waals surface area contributed by atoms with Crippen molar-refractivity contribution in [3.05, 3.63) is 47.0 Å². The summed E-state index contributed by atoms with van der Waals surface area (Å²) in [6, 6.07) is 9.24. The van der Waals surface area contributed by atoms with E-state index in [0.29, 0.717) is 24.7 Å². The van der Waals surface area contributed by atoms with Crippen LogP contribution in [0.15, 0.2) is 41.3 Å². The molecule has 1 N–H and O–H groups in total. The smallest absolute Gasteiger partial charge is 0.345 e. The Morgan fingerprint density at radius 2 is 2.06 bits per heavy atom. The van der Waals surface area contributed by atoms with Crippen molar-refractivity contribution in [3.63, 3.8) is 0 Å². The van der Waals surface area contributed by atoms with Crippen LogP contribution >= 0.6 is 0 Å². The Hall–Kier alpha value is -2.14. The number of hydrogen-bond donors (Lipinski definition) is 1. The second kappa shape index (κ2) is 5.97. The number of benzene rings is 1. The van der Waals surface area contributed by atoms with Gasteiger partial charge in [-0.25, -0.2) is 9.78 Å². The highest BCUT2D eigenvalue weighted by atomic mass is 16.5. The van der Waals surface area contributed by atoms with E-state index < -0.39 is 0 Å². The van der Waals surface area contributed by atoms with E-state index in [4.69, 9.17) is 9.47 Å². The molecule has 0 aliphatic heterocycles. The van der Waals surface area contributed by atoms with Gasteiger partial charge < -0.3 is 14.5 Å². The normalized spacial score (nSPS) is 10.3. The minimum atomic E-state index is -0.376. The third kappa shape index (κ3) is 2.95. The standard InChI is InChI=1S/C13H14N2O3/c1-17-8-9-18-12-5-3-2-4-10(12)11-6-7-14-13(16)15-11/h2-7H,8-9H2,1H3,(H,14,15,16). The van der Waals surface area contributed by atoms with Crippen molar-refractivity contribution in [2.75, 3.05) is 20.3 Å². The molecule has 0 atom stereocenters. The molecule has 2 aromatic rings. The molecule has 0 saturated carbocycles. The molecule has 0 aliphatic carbocycles. The van der Waals surface area contributed by atoms with Gasteiger partial charge in [0.2, 0.25) is 0 Å². The van der Waals surface area contributed by atoms with E-state index in [-0.39, 0.29) is 5.69 Å². The maximum atomic E-state index is 11.2. The van der Waals surface area contributed by atoms with Crippen LogP contribution in [0, 0.1) is 0 Å². The lowest BCUT2D eigenvalue weighted by atomic mass is 10.1. The lowest BCUT2D eigenvalue weighted by Crippen LogP contribution is -2.10. The van der Waals surface area contributed by atoms with Crippen LogP contribution in [0.4, 0.5) is 0 Å². The van der Waals surface area contributed by atoms with E-state index in [1.54, 1.807) is 13.2 Å². The Morgan fingerprint density at radius 3 is 2.83 bits per heavy atom. The van der Waals surface area contributed by atoms with Crippen LogP contribution in [0.1, 0.15) is 0 Å². The van der Waals surface area contributed by atoms with E-state index in [0.717, 1.165) is 5.56 Å². The average Bonchev–Trinajstić information content (AvgIpc) is 2.40. The van der Waals surface area contributed by atoms with Crippen LogP contribution in [0.5, 0.6) is 5.75 Å². The summed E-state index contributed by atoms with van der Waals surface area (Å²) in [4.78, 5) is 17.5. The molecule has 0 spiro atoms. The molecule has 94 valence electrons. The molecular formula is C13H14N2O3. The number of methoxy groups -OCH3 is 1. The number of aromatic nitrogens is 2. The highest BCUT2D eigenvalue weighted by Crippen LogP contribution is 2.27. The number of hydrogen-bond acceptors (Lipinski definition) is 4.